The molecule has 0 spiro atoms. The Morgan fingerprint density at radius 1 is 1.19 bits per heavy atom. The van der Waals surface area contributed by atoms with Crippen LogP contribution in [0.5, 0.6) is 11.5 Å². The number of hydrogen-bond acceptors (Lipinski definition) is 4. The highest BCUT2D eigenvalue weighted by Crippen LogP contribution is 2.34. The van der Waals surface area contributed by atoms with E-state index in [4.69, 9.17) is 14.7 Å². The van der Waals surface area contributed by atoms with Gasteiger partial charge in [0.1, 0.15) is 24.8 Å². The largest absolute Gasteiger partial charge is 0.486 e. The summed E-state index contributed by atoms with van der Waals surface area (Å²) in [5.74, 6) is 1.39. The molecule has 2 aromatic rings. The van der Waals surface area contributed by atoms with Crippen LogP contribution < -0.4 is 15.0 Å². The van der Waals surface area contributed by atoms with E-state index in [-0.39, 0.29) is 11.1 Å². The van der Waals surface area contributed by atoms with Crippen molar-refractivity contribution in [2.45, 2.75) is 13.5 Å². The lowest BCUT2D eigenvalue weighted by atomic mass is 10.1. The highest BCUT2D eigenvalue weighted by Gasteiger charge is 2.15. The maximum Gasteiger partial charge on any atom is 0.268 e. The first kappa shape index (κ1) is 13.3. The molecular formula is C16H14N2O3. The first-order valence-corrected chi connectivity index (χ1v) is 6.78. The van der Waals surface area contributed by atoms with Crippen LogP contribution in [0.15, 0.2) is 35.1 Å². The quantitative estimate of drug-likeness (QED) is 0.847. The van der Waals surface area contributed by atoms with Gasteiger partial charge in [-0.1, -0.05) is 0 Å². The van der Waals surface area contributed by atoms with Gasteiger partial charge in [0.2, 0.25) is 0 Å². The first-order valence-electron chi connectivity index (χ1n) is 6.78. The summed E-state index contributed by atoms with van der Waals surface area (Å²) in [4.78, 5) is 12.2. The molecule has 1 aromatic carbocycles. The van der Waals surface area contributed by atoms with Crippen molar-refractivity contribution in [3.8, 4) is 28.8 Å². The number of hydrogen-bond donors (Lipinski definition) is 0. The van der Waals surface area contributed by atoms with E-state index in [1.807, 2.05) is 31.2 Å². The van der Waals surface area contributed by atoms with Gasteiger partial charge in [-0.15, -0.1) is 0 Å². The van der Waals surface area contributed by atoms with Crippen LogP contribution in [0.2, 0.25) is 0 Å². The van der Waals surface area contributed by atoms with Crippen molar-refractivity contribution in [3.63, 3.8) is 0 Å². The summed E-state index contributed by atoms with van der Waals surface area (Å²) >= 11 is 0. The number of rotatable bonds is 2. The van der Waals surface area contributed by atoms with Gasteiger partial charge in [-0.25, -0.2) is 0 Å². The van der Waals surface area contributed by atoms with E-state index in [0.29, 0.717) is 31.3 Å². The molecule has 1 aromatic heterocycles. The van der Waals surface area contributed by atoms with Crippen LogP contribution in [0.25, 0.3) is 11.3 Å². The fraction of sp³-hybridized carbons (Fsp3) is 0.250. The lowest BCUT2D eigenvalue weighted by Crippen LogP contribution is -2.23. The van der Waals surface area contributed by atoms with Crippen LogP contribution in [-0.2, 0) is 6.54 Å². The molecule has 0 unspecified atom stereocenters. The van der Waals surface area contributed by atoms with Crippen LogP contribution in [-0.4, -0.2) is 17.8 Å². The molecule has 0 saturated heterocycles. The molecule has 0 saturated carbocycles. The molecule has 1 aliphatic rings. The SMILES string of the molecule is CCn1c(-c2ccc3c(c2)OCCO3)ccc(C#N)c1=O. The fourth-order valence-electron chi connectivity index (χ4n) is 2.43. The molecule has 0 amide bonds. The molecule has 0 fully saturated rings. The van der Waals surface area contributed by atoms with Gasteiger partial charge in [0.05, 0.1) is 5.69 Å². The second kappa shape index (κ2) is 5.33. The summed E-state index contributed by atoms with van der Waals surface area (Å²) in [6.07, 6.45) is 0. The zero-order valence-electron chi connectivity index (χ0n) is 11.6. The number of nitriles is 1. The topological polar surface area (TPSA) is 64.2 Å². The van der Waals surface area contributed by atoms with Crippen molar-refractivity contribution in [1.29, 1.82) is 5.26 Å². The Balaban J connectivity index is 2.15. The second-order valence-electron chi connectivity index (χ2n) is 4.65. The molecule has 0 bridgehead atoms. The van der Waals surface area contributed by atoms with Crippen molar-refractivity contribution in [2.75, 3.05) is 13.2 Å². The van der Waals surface area contributed by atoms with Crippen LogP contribution in [0.4, 0.5) is 0 Å². The Labute approximate surface area is 122 Å². The molecule has 0 atom stereocenters. The van der Waals surface area contributed by atoms with Gasteiger partial charge in [0.25, 0.3) is 5.56 Å². The zero-order chi connectivity index (χ0) is 14.8. The van der Waals surface area contributed by atoms with E-state index in [9.17, 15) is 4.79 Å². The van der Waals surface area contributed by atoms with Gasteiger partial charge in [0.15, 0.2) is 11.5 Å². The molecule has 3 rings (SSSR count). The second-order valence-corrected chi connectivity index (χ2v) is 4.65. The molecule has 0 aliphatic carbocycles. The molecule has 1 aliphatic heterocycles. The molecule has 5 nitrogen and oxygen atoms in total. The third-order valence-electron chi connectivity index (χ3n) is 3.45. The summed E-state index contributed by atoms with van der Waals surface area (Å²) in [6.45, 7) is 3.44. The predicted molar refractivity (Wildman–Crippen MR) is 77.5 cm³/mol. The summed E-state index contributed by atoms with van der Waals surface area (Å²) in [7, 11) is 0. The van der Waals surface area contributed by atoms with Gasteiger partial charge in [-0.2, -0.15) is 5.26 Å². The van der Waals surface area contributed by atoms with Gasteiger partial charge >= 0.3 is 0 Å². The van der Waals surface area contributed by atoms with Gasteiger partial charge < -0.3 is 14.0 Å². The predicted octanol–water partition coefficient (Wildman–Crippen LogP) is 2.18. The van der Waals surface area contributed by atoms with Crippen LogP contribution in [0.3, 0.4) is 0 Å². The number of fused-ring (bicyclic) bond motifs is 1. The lowest BCUT2D eigenvalue weighted by molar-refractivity contribution is 0.171. The van der Waals surface area contributed by atoms with E-state index in [1.54, 1.807) is 16.7 Å². The number of aromatic nitrogens is 1. The normalized spacial score (nSPS) is 12.8. The Kier molecular flexibility index (Phi) is 3.36. The minimum Gasteiger partial charge on any atom is -0.486 e. The zero-order valence-corrected chi connectivity index (χ0v) is 11.6. The van der Waals surface area contributed by atoms with E-state index in [1.165, 1.54) is 0 Å². The van der Waals surface area contributed by atoms with Crippen molar-refractivity contribution in [3.05, 3.63) is 46.2 Å². The number of nitrogens with zero attached hydrogens (tertiary/aromatic N) is 2. The van der Waals surface area contributed by atoms with Gasteiger partial charge in [0, 0.05) is 12.1 Å². The minimum atomic E-state index is -0.271. The average molecular weight is 282 g/mol. The summed E-state index contributed by atoms with van der Waals surface area (Å²) in [5, 5.41) is 8.96. The van der Waals surface area contributed by atoms with Crippen molar-refractivity contribution in [2.24, 2.45) is 0 Å². The molecule has 0 N–H and O–H groups in total. The maximum absolute atomic E-state index is 12.2. The molecule has 21 heavy (non-hydrogen) atoms. The monoisotopic (exact) mass is 282 g/mol. The third-order valence-corrected chi connectivity index (χ3v) is 3.45. The van der Waals surface area contributed by atoms with E-state index in [2.05, 4.69) is 0 Å². The maximum atomic E-state index is 12.2. The Bertz CT molecular complexity index is 787. The van der Waals surface area contributed by atoms with Crippen molar-refractivity contribution >= 4 is 0 Å². The summed E-state index contributed by atoms with van der Waals surface area (Å²) < 4.78 is 12.7. The Hall–Kier alpha value is -2.74. The van der Waals surface area contributed by atoms with Crippen LogP contribution in [0.1, 0.15) is 12.5 Å². The van der Waals surface area contributed by atoms with E-state index in [0.717, 1.165) is 11.3 Å². The molecule has 0 radical (unpaired) electrons. The average Bonchev–Trinajstić information content (AvgIpc) is 2.54. The fourth-order valence-corrected chi connectivity index (χ4v) is 2.43. The van der Waals surface area contributed by atoms with Crippen molar-refractivity contribution < 1.29 is 9.47 Å². The molecule has 5 heteroatoms. The molecule has 2 heterocycles. The minimum absolute atomic E-state index is 0.151. The van der Waals surface area contributed by atoms with Crippen LogP contribution in [0, 0.1) is 11.3 Å². The molecule has 106 valence electrons. The third kappa shape index (κ3) is 2.25. The lowest BCUT2D eigenvalue weighted by Gasteiger charge is -2.19. The van der Waals surface area contributed by atoms with E-state index < -0.39 is 0 Å². The number of ether oxygens (including phenoxy) is 2. The summed E-state index contributed by atoms with van der Waals surface area (Å²) in [5.41, 5.74) is 1.51. The number of benzene rings is 1. The standard InChI is InChI=1S/C16H14N2O3/c1-2-18-13(5-3-12(10-17)16(18)19)11-4-6-14-15(9-11)21-8-7-20-14/h3-6,9H,2,7-8H2,1H3. The van der Waals surface area contributed by atoms with Crippen LogP contribution >= 0.6 is 0 Å². The first-order chi connectivity index (χ1) is 10.2. The Morgan fingerprint density at radius 2 is 1.95 bits per heavy atom. The Morgan fingerprint density at radius 3 is 2.67 bits per heavy atom. The van der Waals surface area contributed by atoms with Gasteiger partial charge in [-0.05, 0) is 37.3 Å². The van der Waals surface area contributed by atoms with E-state index >= 15 is 0 Å². The number of pyridine rings is 1. The highest BCUT2D eigenvalue weighted by molar-refractivity contribution is 5.65. The smallest absolute Gasteiger partial charge is 0.268 e. The van der Waals surface area contributed by atoms with Crippen molar-refractivity contribution in [1.82, 2.24) is 4.57 Å². The summed E-state index contributed by atoms with van der Waals surface area (Å²) in [6, 6.07) is 10.9. The van der Waals surface area contributed by atoms with Gasteiger partial charge in [-0.3, -0.25) is 4.79 Å². The molecular weight excluding hydrogens is 268 g/mol. The highest BCUT2D eigenvalue weighted by atomic mass is 16.6.